The lowest BCUT2D eigenvalue weighted by Crippen LogP contribution is -2.14. The van der Waals surface area contributed by atoms with Crippen molar-refractivity contribution in [2.24, 2.45) is 0 Å². The second-order valence-electron chi connectivity index (χ2n) is 16.2. The van der Waals surface area contributed by atoms with Crippen LogP contribution in [0.5, 0.6) is 0 Å². The van der Waals surface area contributed by atoms with E-state index < -0.39 is 0 Å². The van der Waals surface area contributed by atoms with Crippen molar-refractivity contribution in [3.63, 3.8) is 0 Å². The molecule has 11 rings (SSSR count). The van der Waals surface area contributed by atoms with Crippen LogP contribution in [0, 0.1) is 0 Å². The van der Waals surface area contributed by atoms with Gasteiger partial charge in [0.25, 0.3) is 0 Å². The highest BCUT2D eigenvalue weighted by Gasteiger charge is 2.35. The molecule has 0 aliphatic heterocycles. The second kappa shape index (κ2) is 13.9. The third-order valence-electron chi connectivity index (χ3n) is 12.3. The van der Waals surface area contributed by atoms with Gasteiger partial charge in [0.2, 0.25) is 0 Å². The first-order valence-electron chi connectivity index (χ1n) is 20.4. The fourth-order valence-electron chi connectivity index (χ4n) is 9.27. The van der Waals surface area contributed by atoms with E-state index in [1.165, 1.54) is 66.2 Å². The van der Waals surface area contributed by atoms with Gasteiger partial charge in [0.05, 0.1) is 11.4 Å². The highest BCUT2D eigenvalue weighted by atomic mass is 14.9. The summed E-state index contributed by atoms with van der Waals surface area (Å²) in [6.07, 6.45) is 0. The minimum absolute atomic E-state index is 0.0501. The molecule has 0 atom stereocenters. The van der Waals surface area contributed by atoms with E-state index in [9.17, 15) is 0 Å². The largest absolute Gasteiger partial charge is 0.228 e. The molecule has 0 amide bonds. The minimum atomic E-state index is -0.0501. The Morgan fingerprint density at radius 2 is 0.797 bits per heavy atom. The Hall–Kier alpha value is -7.42. The van der Waals surface area contributed by atoms with Crippen LogP contribution in [0.4, 0.5) is 0 Å². The van der Waals surface area contributed by atoms with E-state index in [-0.39, 0.29) is 5.41 Å². The number of fused-ring (bicyclic) bond motifs is 5. The number of hydrogen-bond acceptors (Lipinski definition) is 2. The number of rotatable bonds is 6. The minimum Gasteiger partial charge on any atom is -0.228 e. The standard InChI is InChI=1S/C57H40N2/c1-57(2)52-25-11-10-23-48(52)49-31-30-42(35-53(49)57)41-18-12-19-43(34-41)45-32-33-51(47-22-9-8-21-46(45)47)55-36-54(50-24-13-17-39-16-6-7-20-44(39)50)58-56(59-55)40-28-26-38(27-29-40)37-14-4-3-5-15-37/h3-36H,1-2H3. The highest BCUT2D eigenvalue weighted by Crippen LogP contribution is 2.49. The van der Waals surface area contributed by atoms with Gasteiger partial charge >= 0.3 is 0 Å². The maximum atomic E-state index is 5.33. The zero-order chi connectivity index (χ0) is 39.5. The molecule has 0 spiro atoms. The van der Waals surface area contributed by atoms with Gasteiger partial charge in [-0.3, -0.25) is 0 Å². The summed E-state index contributed by atoms with van der Waals surface area (Å²) < 4.78 is 0. The fourth-order valence-corrected chi connectivity index (χ4v) is 9.27. The van der Waals surface area contributed by atoms with E-state index in [1.807, 2.05) is 6.07 Å². The third-order valence-corrected chi connectivity index (χ3v) is 12.3. The number of nitrogens with zero attached hydrogens (tertiary/aromatic N) is 2. The predicted octanol–water partition coefficient (Wildman–Crippen LogP) is 15.1. The van der Waals surface area contributed by atoms with E-state index in [4.69, 9.17) is 9.97 Å². The Kier molecular flexibility index (Phi) is 8.20. The Morgan fingerprint density at radius 1 is 0.305 bits per heavy atom. The summed E-state index contributed by atoms with van der Waals surface area (Å²) in [6.45, 7) is 4.69. The van der Waals surface area contributed by atoms with Crippen LogP contribution in [0.3, 0.4) is 0 Å². The van der Waals surface area contributed by atoms with Gasteiger partial charge in [-0.1, -0.05) is 202 Å². The SMILES string of the molecule is CC1(C)c2ccccc2-c2ccc(-c3cccc(-c4ccc(-c5cc(-c6cccc7ccccc67)nc(-c6ccc(-c7ccccc7)cc6)n5)c5ccccc45)c3)cc21. The van der Waals surface area contributed by atoms with E-state index >= 15 is 0 Å². The predicted molar refractivity (Wildman–Crippen MR) is 247 cm³/mol. The van der Waals surface area contributed by atoms with Crippen LogP contribution in [-0.4, -0.2) is 9.97 Å². The van der Waals surface area contributed by atoms with Crippen molar-refractivity contribution in [1.29, 1.82) is 0 Å². The van der Waals surface area contributed by atoms with Crippen LogP contribution in [0.1, 0.15) is 25.0 Å². The van der Waals surface area contributed by atoms with Crippen LogP contribution in [0.25, 0.3) is 100.0 Å². The van der Waals surface area contributed by atoms with Crippen molar-refractivity contribution in [3.8, 4) is 78.4 Å². The van der Waals surface area contributed by atoms with Crippen LogP contribution in [-0.2, 0) is 5.41 Å². The first-order valence-corrected chi connectivity index (χ1v) is 20.4. The van der Waals surface area contributed by atoms with E-state index in [2.05, 4.69) is 214 Å². The number of benzene rings is 9. The summed E-state index contributed by atoms with van der Waals surface area (Å²) in [5.41, 5.74) is 17.5. The smallest absolute Gasteiger partial charge is 0.160 e. The molecular weight excluding hydrogens is 713 g/mol. The van der Waals surface area contributed by atoms with Gasteiger partial charge in [-0.25, -0.2) is 9.97 Å². The normalized spacial score (nSPS) is 12.7. The second-order valence-corrected chi connectivity index (χ2v) is 16.2. The molecule has 2 heteroatoms. The summed E-state index contributed by atoms with van der Waals surface area (Å²) in [4.78, 5) is 10.6. The monoisotopic (exact) mass is 752 g/mol. The molecule has 0 bridgehead atoms. The van der Waals surface area contributed by atoms with E-state index in [0.717, 1.165) is 39.0 Å². The third kappa shape index (κ3) is 5.96. The molecule has 1 aromatic heterocycles. The molecule has 10 aromatic rings. The molecule has 1 heterocycles. The lowest BCUT2D eigenvalue weighted by Gasteiger charge is -2.22. The molecule has 2 nitrogen and oxygen atoms in total. The van der Waals surface area contributed by atoms with Crippen LogP contribution in [0.2, 0.25) is 0 Å². The molecule has 1 aliphatic carbocycles. The van der Waals surface area contributed by atoms with E-state index in [1.54, 1.807) is 0 Å². The molecule has 0 unspecified atom stereocenters. The van der Waals surface area contributed by atoms with Gasteiger partial charge in [-0.2, -0.15) is 0 Å². The van der Waals surface area contributed by atoms with Crippen molar-refractivity contribution < 1.29 is 0 Å². The number of hydrogen-bond donors (Lipinski definition) is 0. The van der Waals surface area contributed by atoms with Gasteiger partial charge in [0.1, 0.15) is 0 Å². The quantitative estimate of drug-likeness (QED) is 0.169. The summed E-state index contributed by atoms with van der Waals surface area (Å²) in [5, 5.41) is 4.69. The highest BCUT2D eigenvalue weighted by molar-refractivity contribution is 6.05. The van der Waals surface area contributed by atoms with Crippen LogP contribution < -0.4 is 0 Å². The Labute approximate surface area is 345 Å². The van der Waals surface area contributed by atoms with Crippen LogP contribution in [0.15, 0.2) is 206 Å². The lowest BCUT2D eigenvalue weighted by molar-refractivity contribution is 0.660. The summed E-state index contributed by atoms with van der Waals surface area (Å²) in [7, 11) is 0. The van der Waals surface area contributed by atoms with Crippen molar-refractivity contribution in [1.82, 2.24) is 9.97 Å². The molecule has 1 aliphatic rings. The van der Waals surface area contributed by atoms with Crippen molar-refractivity contribution in [3.05, 3.63) is 217 Å². The molecule has 0 saturated carbocycles. The molecule has 0 saturated heterocycles. The van der Waals surface area contributed by atoms with Gasteiger partial charge < -0.3 is 0 Å². The number of aromatic nitrogens is 2. The molecule has 0 radical (unpaired) electrons. The van der Waals surface area contributed by atoms with E-state index in [0.29, 0.717) is 5.82 Å². The zero-order valence-electron chi connectivity index (χ0n) is 33.0. The van der Waals surface area contributed by atoms with Crippen molar-refractivity contribution in [2.45, 2.75) is 19.3 Å². The molecule has 9 aromatic carbocycles. The van der Waals surface area contributed by atoms with Gasteiger partial charge in [0, 0.05) is 22.1 Å². The average Bonchev–Trinajstić information content (AvgIpc) is 3.53. The lowest BCUT2D eigenvalue weighted by atomic mass is 9.81. The Balaban J connectivity index is 1.03. The van der Waals surface area contributed by atoms with Crippen molar-refractivity contribution >= 4 is 21.5 Å². The van der Waals surface area contributed by atoms with Gasteiger partial charge in [0.15, 0.2) is 5.82 Å². The maximum Gasteiger partial charge on any atom is 0.160 e. The summed E-state index contributed by atoms with van der Waals surface area (Å²) in [5.74, 6) is 0.700. The Bertz CT molecular complexity index is 3230. The Morgan fingerprint density at radius 3 is 1.61 bits per heavy atom. The first-order chi connectivity index (χ1) is 29.0. The topological polar surface area (TPSA) is 25.8 Å². The molecule has 0 fully saturated rings. The van der Waals surface area contributed by atoms with Crippen LogP contribution >= 0.6 is 0 Å². The maximum absolute atomic E-state index is 5.33. The van der Waals surface area contributed by atoms with Gasteiger partial charge in [-0.15, -0.1) is 0 Å². The fraction of sp³-hybridized carbons (Fsp3) is 0.0526. The summed E-state index contributed by atoms with van der Waals surface area (Å²) >= 11 is 0. The molecular formula is C57H40N2. The average molecular weight is 753 g/mol. The molecule has 0 N–H and O–H groups in total. The summed E-state index contributed by atoms with van der Waals surface area (Å²) in [6, 6.07) is 74.4. The molecule has 59 heavy (non-hydrogen) atoms. The zero-order valence-corrected chi connectivity index (χ0v) is 33.0. The molecule has 278 valence electrons. The van der Waals surface area contributed by atoms with Crippen molar-refractivity contribution in [2.75, 3.05) is 0 Å². The first kappa shape index (κ1) is 34.8. The van der Waals surface area contributed by atoms with Gasteiger partial charge in [-0.05, 0) is 95.4 Å².